The Kier molecular flexibility index (Phi) is 7.79. The molecule has 0 fully saturated rings. The predicted molar refractivity (Wildman–Crippen MR) is 87.8 cm³/mol. The summed E-state index contributed by atoms with van der Waals surface area (Å²) in [6, 6.07) is 5.38. The van der Waals surface area contributed by atoms with Crippen LogP contribution < -0.4 is 10.2 Å². The third-order valence-electron chi connectivity index (χ3n) is 4.14. The highest BCUT2D eigenvalue weighted by Crippen LogP contribution is 2.16. The second kappa shape index (κ2) is 9.08. The zero-order valence-electron chi connectivity index (χ0n) is 13.7. The Bertz CT molecular complexity index is 422. The molecule has 1 rings (SSSR count). The van der Waals surface area contributed by atoms with Crippen molar-refractivity contribution in [3.8, 4) is 5.75 Å². The van der Waals surface area contributed by atoms with E-state index in [1.54, 1.807) is 19.2 Å². The van der Waals surface area contributed by atoms with Crippen LogP contribution in [-0.2, 0) is 6.54 Å². The molecule has 2 N–H and O–H groups in total. The largest absolute Gasteiger partial charge is 0.497 e. The van der Waals surface area contributed by atoms with Gasteiger partial charge in [0, 0.05) is 13.1 Å². The molecule has 4 nitrogen and oxygen atoms in total. The molecule has 0 saturated heterocycles. The van der Waals surface area contributed by atoms with E-state index < -0.39 is 7.12 Å². The summed E-state index contributed by atoms with van der Waals surface area (Å²) >= 11 is 0. The lowest BCUT2D eigenvalue weighted by atomic mass is 9.76. The average molecular weight is 293 g/mol. The first-order chi connectivity index (χ1) is 10.0. The van der Waals surface area contributed by atoms with E-state index in [0.29, 0.717) is 17.9 Å². The smallest absolute Gasteiger partial charge is 0.488 e. The fourth-order valence-corrected chi connectivity index (χ4v) is 2.56. The molecule has 21 heavy (non-hydrogen) atoms. The minimum Gasteiger partial charge on any atom is -0.497 e. The van der Waals surface area contributed by atoms with Crippen LogP contribution in [0.15, 0.2) is 18.2 Å². The van der Waals surface area contributed by atoms with Gasteiger partial charge in [0.15, 0.2) is 0 Å². The number of hydrogen-bond acceptors (Lipinski definition) is 4. The van der Waals surface area contributed by atoms with Crippen molar-refractivity contribution in [1.82, 2.24) is 4.90 Å². The third kappa shape index (κ3) is 5.34. The van der Waals surface area contributed by atoms with Gasteiger partial charge in [-0.15, -0.1) is 0 Å². The molecule has 0 aromatic heterocycles. The molecule has 0 aliphatic carbocycles. The number of methoxy groups -OCH3 is 1. The van der Waals surface area contributed by atoms with E-state index in [-0.39, 0.29) is 0 Å². The summed E-state index contributed by atoms with van der Waals surface area (Å²) in [5.41, 5.74) is 1.47. The summed E-state index contributed by atoms with van der Waals surface area (Å²) in [6.45, 7) is 9.25. The topological polar surface area (TPSA) is 52.9 Å². The van der Waals surface area contributed by atoms with Crippen LogP contribution in [0.25, 0.3) is 0 Å². The summed E-state index contributed by atoms with van der Waals surface area (Å²) < 4.78 is 5.25. The van der Waals surface area contributed by atoms with Gasteiger partial charge < -0.3 is 14.8 Å². The molecule has 5 heteroatoms. The first-order valence-corrected chi connectivity index (χ1v) is 7.80. The maximum atomic E-state index is 9.52. The number of benzene rings is 1. The molecule has 1 aromatic rings. The van der Waals surface area contributed by atoms with Crippen LogP contribution in [0.5, 0.6) is 5.75 Å². The van der Waals surface area contributed by atoms with Crippen LogP contribution in [0, 0.1) is 5.92 Å². The first-order valence-electron chi connectivity index (χ1n) is 7.80. The Labute approximate surface area is 128 Å². The molecule has 0 heterocycles. The zero-order chi connectivity index (χ0) is 15.8. The minimum atomic E-state index is -1.45. The van der Waals surface area contributed by atoms with Crippen LogP contribution in [0.2, 0.25) is 0 Å². The molecule has 0 aliphatic heterocycles. The van der Waals surface area contributed by atoms with E-state index in [1.807, 2.05) is 6.07 Å². The van der Waals surface area contributed by atoms with Crippen molar-refractivity contribution in [2.75, 3.05) is 20.2 Å². The van der Waals surface area contributed by atoms with Crippen molar-refractivity contribution in [3.05, 3.63) is 23.8 Å². The molecule has 0 unspecified atom stereocenters. The Morgan fingerprint density at radius 2 is 1.86 bits per heavy atom. The Morgan fingerprint density at radius 1 is 1.19 bits per heavy atom. The van der Waals surface area contributed by atoms with Gasteiger partial charge in [-0.25, -0.2) is 0 Å². The Morgan fingerprint density at radius 3 is 2.33 bits per heavy atom. The second-order valence-corrected chi connectivity index (χ2v) is 5.45. The first kappa shape index (κ1) is 18.0. The predicted octanol–water partition coefficient (Wildman–Crippen LogP) is 1.63. The maximum absolute atomic E-state index is 9.52. The van der Waals surface area contributed by atoms with E-state index >= 15 is 0 Å². The molecule has 0 spiro atoms. The minimum absolute atomic E-state index is 0.554. The summed E-state index contributed by atoms with van der Waals surface area (Å²) in [6.07, 6.45) is 2.33. The average Bonchev–Trinajstić information content (AvgIpc) is 2.50. The standard InChI is InChI=1S/C16H28BNO3/c1-5-13(6-2)11-18(7-3)12-14-10-15(21-4)8-9-16(14)17(19)20/h8-10,13,19-20H,5-7,11-12H2,1-4H3. The highest BCUT2D eigenvalue weighted by molar-refractivity contribution is 6.59. The number of ether oxygens (including phenoxy) is 1. The summed E-state index contributed by atoms with van der Waals surface area (Å²) in [5, 5.41) is 19.0. The van der Waals surface area contributed by atoms with Crippen LogP contribution >= 0.6 is 0 Å². The van der Waals surface area contributed by atoms with Crippen molar-refractivity contribution in [1.29, 1.82) is 0 Å². The Balaban J connectivity index is 2.91. The molecule has 0 saturated carbocycles. The number of hydrogen-bond donors (Lipinski definition) is 2. The van der Waals surface area contributed by atoms with Gasteiger partial charge in [-0.3, -0.25) is 4.90 Å². The van der Waals surface area contributed by atoms with Crippen LogP contribution in [-0.4, -0.2) is 42.3 Å². The van der Waals surface area contributed by atoms with E-state index in [1.165, 1.54) is 12.8 Å². The van der Waals surface area contributed by atoms with Crippen molar-refractivity contribution in [3.63, 3.8) is 0 Å². The van der Waals surface area contributed by atoms with E-state index in [4.69, 9.17) is 4.74 Å². The maximum Gasteiger partial charge on any atom is 0.488 e. The fourth-order valence-electron chi connectivity index (χ4n) is 2.56. The monoisotopic (exact) mass is 293 g/mol. The lowest BCUT2D eigenvalue weighted by Gasteiger charge is -2.26. The van der Waals surface area contributed by atoms with Crippen LogP contribution in [0.4, 0.5) is 0 Å². The normalized spacial score (nSPS) is 11.2. The van der Waals surface area contributed by atoms with Crippen molar-refractivity contribution < 1.29 is 14.8 Å². The van der Waals surface area contributed by atoms with Gasteiger partial charge in [-0.05, 0) is 35.6 Å². The van der Waals surface area contributed by atoms with Gasteiger partial charge in [-0.2, -0.15) is 0 Å². The van der Waals surface area contributed by atoms with Gasteiger partial charge in [0.05, 0.1) is 7.11 Å². The number of rotatable bonds is 9. The quantitative estimate of drug-likeness (QED) is 0.680. The van der Waals surface area contributed by atoms with Gasteiger partial charge in [0.1, 0.15) is 5.75 Å². The molecule has 1 aromatic carbocycles. The lowest BCUT2D eigenvalue weighted by Crippen LogP contribution is -2.37. The van der Waals surface area contributed by atoms with Gasteiger partial charge in [-0.1, -0.05) is 39.7 Å². The van der Waals surface area contributed by atoms with E-state index in [9.17, 15) is 10.0 Å². The molecule has 0 aliphatic rings. The van der Waals surface area contributed by atoms with Crippen LogP contribution in [0.3, 0.4) is 0 Å². The highest BCUT2D eigenvalue weighted by Gasteiger charge is 2.19. The van der Waals surface area contributed by atoms with E-state index in [2.05, 4.69) is 25.7 Å². The zero-order valence-corrected chi connectivity index (χ0v) is 13.7. The lowest BCUT2D eigenvalue weighted by molar-refractivity contribution is 0.226. The van der Waals surface area contributed by atoms with Crippen molar-refractivity contribution in [2.24, 2.45) is 5.92 Å². The number of nitrogens with zero attached hydrogens (tertiary/aromatic N) is 1. The van der Waals surface area contributed by atoms with Gasteiger partial charge in [0.2, 0.25) is 0 Å². The van der Waals surface area contributed by atoms with Crippen LogP contribution in [0.1, 0.15) is 39.2 Å². The fraction of sp³-hybridized carbons (Fsp3) is 0.625. The van der Waals surface area contributed by atoms with Crippen molar-refractivity contribution in [2.45, 2.75) is 40.2 Å². The highest BCUT2D eigenvalue weighted by atomic mass is 16.5. The van der Waals surface area contributed by atoms with E-state index in [0.717, 1.165) is 24.4 Å². The summed E-state index contributed by atoms with van der Waals surface area (Å²) in [7, 11) is 0.174. The summed E-state index contributed by atoms with van der Waals surface area (Å²) in [4.78, 5) is 2.35. The molecule has 0 amide bonds. The van der Waals surface area contributed by atoms with Crippen molar-refractivity contribution >= 4 is 12.6 Å². The van der Waals surface area contributed by atoms with Gasteiger partial charge >= 0.3 is 7.12 Å². The summed E-state index contributed by atoms with van der Waals surface area (Å²) in [5.74, 6) is 1.42. The molecule has 0 atom stereocenters. The molecular formula is C16H28BNO3. The third-order valence-corrected chi connectivity index (χ3v) is 4.14. The second-order valence-electron chi connectivity index (χ2n) is 5.45. The SMILES string of the molecule is CCC(CC)CN(CC)Cc1cc(OC)ccc1B(O)O. The molecule has 0 radical (unpaired) electrons. The van der Waals surface area contributed by atoms with Gasteiger partial charge in [0.25, 0.3) is 0 Å². The Hall–Kier alpha value is -1.04. The molecular weight excluding hydrogens is 265 g/mol. The molecule has 118 valence electrons. The molecule has 0 bridgehead atoms.